The number of hydrogen-bond donors (Lipinski definition) is 1. The van der Waals surface area contributed by atoms with E-state index in [0.717, 1.165) is 0 Å². The second-order valence-corrected chi connectivity index (χ2v) is 6.26. The van der Waals surface area contributed by atoms with E-state index in [1.807, 2.05) is 18.8 Å². The second kappa shape index (κ2) is 6.78. The van der Waals surface area contributed by atoms with Crippen molar-refractivity contribution in [2.45, 2.75) is 30.0 Å². The third-order valence-corrected chi connectivity index (χ3v) is 4.47. The molecule has 0 saturated heterocycles. The lowest BCUT2D eigenvalue weighted by atomic mass is 10.0. The average Bonchev–Trinajstić information content (AvgIpc) is 2.43. The van der Waals surface area contributed by atoms with E-state index >= 15 is 0 Å². The molecule has 0 aliphatic carbocycles. The van der Waals surface area contributed by atoms with Crippen LogP contribution in [-0.4, -0.2) is 12.3 Å². The molecule has 2 rings (SSSR count). The maximum Gasteiger partial charge on any atom is 0.0438 e. The summed E-state index contributed by atoms with van der Waals surface area (Å²) < 4.78 is 0. The lowest BCUT2D eigenvalue weighted by Gasteiger charge is -2.23. The fourth-order valence-corrected chi connectivity index (χ4v) is 3.38. The molecule has 2 aromatic rings. The molecule has 2 atom stereocenters. The monoisotopic (exact) mass is 271 g/mol. The van der Waals surface area contributed by atoms with Gasteiger partial charge in [-0.25, -0.2) is 0 Å². The van der Waals surface area contributed by atoms with E-state index in [-0.39, 0.29) is 0 Å². The van der Waals surface area contributed by atoms with Gasteiger partial charge in [-0.15, -0.1) is 11.8 Å². The lowest BCUT2D eigenvalue weighted by molar-refractivity contribution is 0.589. The van der Waals surface area contributed by atoms with Gasteiger partial charge in [0.2, 0.25) is 0 Å². The zero-order valence-corrected chi connectivity index (χ0v) is 12.6. The molecule has 0 aliphatic rings. The summed E-state index contributed by atoms with van der Waals surface area (Å²) in [5, 5.41) is 3.91. The molecule has 0 heterocycles. The molecule has 19 heavy (non-hydrogen) atoms. The minimum Gasteiger partial charge on any atom is -0.312 e. The van der Waals surface area contributed by atoms with Crippen LogP contribution in [0.1, 0.15) is 24.1 Å². The topological polar surface area (TPSA) is 12.0 Å². The molecule has 2 aromatic carbocycles. The van der Waals surface area contributed by atoms with E-state index in [1.165, 1.54) is 16.0 Å². The highest BCUT2D eigenvalue weighted by molar-refractivity contribution is 8.00. The average molecular weight is 271 g/mol. The van der Waals surface area contributed by atoms with Crippen molar-refractivity contribution in [2.24, 2.45) is 0 Å². The Balaban J connectivity index is 2.09. The van der Waals surface area contributed by atoms with Crippen molar-refractivity contribution in [3.8, 4) is 0 Å². The SMILES string of the molecule is CNC(c1ccccc1)C(C)Sc1ccc(C)cc1. The molecule has 0 aliphatic heterocycles. The van der Waals surface area contributed by atoms with Crippen LogP contribution in [0.2, 0.25) is 0 Å². The van der Waals surface area contributed by atoms with Gasteiger partial charge in [0.25, 0.3) is 0 Å². The lowest BCUT2D eigenvalue weighted by Crippen LogP contribution is -2.25. The van der Waals surface area contributed by atoms with E-state index < -0.39 is 0 Å². The van der Waals surface area contributed by atoms with Crippen LogP contribution in [0.3, 0.4) is 0 Å². The van der Waals surface area contributed by atoms with Crippen molar-refractivity contribution in [2.75, 3.05) is 7.05 Å². The molecule has 0 spiro atoms. The Morgan fingerprint density at radius 2 is 1.58 bits per heavy atom. The van der Waals surface area contributed by atoms with Crippen molar-refractivity contribution in [1.29, 1.82) is 0 Å². The number of nitrogens with one attached hydrogen (secondary N) is 1. The Morgan fingerprint density at radius 3 is 2.16 bits per heavy atom. The van der Waals surface area contributed by atoms with Crippen LogP contribution >= 0.6 is 11.8 Å². The van der Waals surface area contributed by atoms with Gasteiger partial charge in [0.1, 0.15) is 0 Å². The van der Waals surface area contributed by atoms with Gasteiger partial charge in [0.05, 0.1) is 0 Å². The summed E-state index contributed by atoms with van der Waals surface area (Å²) in [4.78, 5) is 1.33. The molecule has 100 valence electrons. The van der Waals surface area contributed by atoms with Crippen LogP contribution in [-0.2, 0) is 0 Å². The van der Waals surface area contributed by atoms with Gasteiger partial charge in [0, 0.05) is 16.2 Å². The summed E-state index contributed by atoms with van der Waals surface area (Å²) in [6.07, 6.45) is 0. The van der Waals surface area contributed by atoms with E-state index in [2.05, 4.69) is 73.8 Å². The van der Waals surface area contributed by atoms with E-state index in [1.54, 1.807) is 0 Å². The van der Waals surface area contributed by atoms with Crippen LogP contribution in [0.5, 0.6) is 0 Å². The van der Waals surface area contributed by atoms with Crippen molar-refractivity contribution in [3.63, 3.8) is 0 Å². The molecular weight excluding hydrogens is 250 g/mol. The predicted molar refractivity (Wildman–Crippen MR) is 84.7 cm³/mol. The fourth-order valence-electron chi connectivity index (χ4n) is 2.23. The van der Waals surface area contributed by atoms with Crippen molar-refractivity contribution in [3.05, 3.63) is 65.7 Å². The molecule has 0 amide bonds. The maximum absolute atomic E-state index is 3.43. The van der Waals surface area contributed by atoms with Gasteiger partial charge in [0.15, 0.2) is 0 Å². The van der Waals surface area contributed by atoms with Crippen LogP contribution in [0.4, 0.5) is 0 Å². The van der Waals surface area contributed by atoms with Gasteiger partial charge in [-0.3, -0.25) is 0 Å². The number of benzene rings is 2. The van der Waals surface area contributed by atoms with Crippen LogP contribution in [0.15, 0.2) is 59.5 Å². The summed E-state index contributed by atoms with van der Waals surface area (Å²) in [7, 11) is 2.03. The fraction of sp³-hybridized carbons (Fsp3) is 0.294. The minimum atomic E-state index is 0.368. The van der Waals surface area contributed by atoms with E-state index in [0.29, 0.717) is 11.3 Å². The van der Waals surface area contributed by atoms with E-state index in [9.17, 15) is 0 Å². The summed E-state index contributed by atoms with van der Waals surface area (Å²) in [5.41, 5.74) is 2.65. The first-order valence-electron chi connectivity index (χ1n) is 6.66. The van der Waals surface area contributed by atoms with Crippen LogP contribution < -0.4 is 5.32 Å². The highest BCUT2D eigenvalue weighted by Crippen LogP contribution is 2.31. The Hall–Kier alpha value is -1.25. The van der Waals surface area contributed by atoms with Gasteiger partial charge in [-0.05, 0) is 31.7 Å². The molecule has 0 bridgehead atoms. The van der Waals surface area contributed by atoms with Crippen molar-refractivity contribution in [1.82, 2.24) is 5.32 Å². The maximum atomic E-state index is 3.43. The summed E-state index contributed by atoms with van der Waals surface area (Å²) >= 11 is 1.92. The van der Waals surface area contributed by atoms with Crippen molar-refractivity contribution < 1.29 is 0 Å². The zero-order valence-electron chi connectivity index (χ0n) is 11.8. The third kappa shape index (κ3) is 3.85. The van der Waals surface area contributed by atoms with Gasteiger partial charge >= 0.3 is 0 Å². The normalized spacial score (nSPS) is 14.1. The van der Waals surface area contributed by atoms with Crippen molar-refractivity contribution >= 4 is 11.8 Å². The molecule has 0 radical (unpaired) electrons. The van der Waals surface area contributed by atoms with Gasteiger partial charge in [-0.2, -0.15) is 0 Å². The highest BCUT2D eigenvalue weighted by atomic mass is 32.2. The first-order valence-corrected chi connectivity index (χ1v) is 7.54. The smallest absolute Gasteiger partial charge is 0.0438 e. The number of thioether (sulfide) groups is 1. The van der Waals surface area contributed by atoms with Crippen LogP contribution in [0, 0.1) is 6.92 Å². The number of rotatable bonds is 5. The Kier molecular flexibility index (Phi) is 5.06. The summed E-state index contributed by atoms with van der Waals surface area (Å²) in [5.74, 6) is 0. The summed E-state index contributed by atoms with van der Waals surface area (Å²) in [6, 6.07) is 19.8. The standard InChI is InChI=1S/C17H21NS/c1-13-9-11-16(12-10-13)19-14(2)17(18-3)15-7-5-4-6-8-15/h4-12,14,17-18H,1-3H3. The number of hydrogen-bond acceptors (Lipinski definition) is 2. The molecule has 0 aromatic heterocycles. The third-order valence-electron chi connectivity index (χ3n) is 3.28. The summed E-state index contributed by atoms with van der Waals surface area (Å²) in [6.45, 7) is 4.40. The highest BCUT2D eigenvalue weighted by Gasteiger charge is 2.18. The molecule has 1 N–H and O–H groups in total. The Bertz CT molecular complexity index is 492. The zero-order chi connectivity index (χ0) is 13.7. The largest absolute Gasteiger partial charge is 0.312 e. The predicted octanol–water partition coefficient (Wildman–Crippen LogP) is 4.44. The first kappa shape index (κ1) is 14.2. The minimum absolute atomic E-state index is 0.368. The second-order valence-electron chi connectivity index (χ2n) is 4.81. The molecule has 2 unspecified atom stereocenters. The first-order chi connectivity index (χ1) is 9.20. The molecular formula is C17H21NS. The number of aryl methyl sites for hydroxylation is 1. The molecule has 0 fully saturated rings. The Morgan fingerprint density at radius 1 is 0.947 bits per heavy atom. The van der Waals surface area contributed by atoms with Gasteiger partial charge < -0.3 is 5.32 Å². The quantitative estimate of drug-likeness (QED) is 0.807. The van der Waals surface area contributed by atoms with Gasteiger partial charge in [-0.1, -0.05) is 55.0 Å². The van der Waals surface area contributed by atoms with E-state index in [4.69, 9.17) is 0 Å². The molecule has 2 heteroatoms. The Labute approximate surface area is 120 Å². The molecule has 0 saturated carbocycles. The molecule has 1 nitrogen and oxygen atoms in total. The van der Waals surface area contributed by atoms with Crippen LogP contribution in [0.25, 0.3) is 0 Å².